The molecule has 118 valence electrons. The van der Waals surface area contributed by atoms with Crippen LogP contribution in [0.25, 0.3) is 0 Å². The van der Waals surface area contributed by atoms with Crippen molar-refractivity contribution in [2.24, 2.45) is 11.3 Å². The molecule has 1 N–H and O–H groups in total. The van der Waals surface area contributed by atoms with Crippen LogP contribution in [0.3, 0.4) is 0 Å². The van der Waals surface area contributed by atoms with Crippen molar-refractivity contribution in [1.82, 2.24) is 10.2 Å². The molecule has 0 aromatic carbocycles. The molecule has 0 aromatic rings. The van der Waals surface area contributed by atoms with Gasteiger partial charge in [-0.1, -0.05) is 27.7 Å². The van der Waals surface area contributed by atoms with E-state index in [-0.39, 0.29) is 12.0 Å². The van der Waals surface area contributed by atoms with Gasteiger partial charge in [0.2, 0.25) is 0 Å². The third-order valence-corrected chi connectivity index (χ3v) is 4.38. The molecule has 0 radical (unpaired) electrons. The zero-order chi connectivity index (χ0) is 15.2. The predicted octanol–water partition coefficient (Wildman–Crippen LogP) is 2.29. The van der Waals surface area contributed by atoms with Gasteiger partial charge in [-0.3, -0.25) is 4.79 Å². The topological polar surface area (TPSA) is 41.6 Å². The fourth-order valence-electron chi connectivity index (χ4n) is 2.92. The van der Waals surface area contributed by atoms with Crippen molar-refractivity contribution in [1.29, 1.82) is 0 Å². The first-order chi connectivity index (χ1) is 9.38. The highest BCUT2D eigenvalue weighted by Crippen LogP contribution is 2.34. The van der Waals surface area contributed by atoms with Gasteiger partial charge in [0.15, 0.2) is 0 Å². The SMILES string of the molecule is CCCNC(CN1CCC(C(C)(C)C)CC1)C(=O)OC. The summed E-state index contributed by atoms with van der Waals surface area (Å²) >= 11 is 0. The number of carbonyl (C=O) groups excluding carboxylic acids is 1. The van der Waals surface area contributed by atoms with Gasteiger partial charge < -0.3 is 15.0 Å². The fourth-order valence-corrected chi connectivity index (χ4v) is 2.92. The number of ether oxygens (including phenoxy) is 1. The van der Waals surface area contributed by atoms with Crippen molar-refractivity contribution in [3.8, 4) is 0 Å². The second-order valence-electron chi connectivity index (χ2n) is 6.97. The maximum Gasteiger partial charge on any atom is 0.324 e. The zero-order valence-corrected chi connectivity index (χ0v) is 13.9. The molecule has 1 fully saturated rings. The monoisotopic (exact) mass is 284 g/mol. The van der Waals surface area contributed by atoms with Crippen LogP contribution in [0.1, 0.15) is 47.0 Å². The van der Waals surface area contributed by atoms with Gasteiger partial charge in [0.1, 0.15) is 6.04 Å². The first kappa shape index (κ1) is 17.4. The Morgan fingerprint density at radius 3 is 2.40 bits per heavy atom. The minimum Gasteiger partial charge on any atom is -0.468 e. The second-order valence-corrected chi connectivity index (χ2v) is 6.97. The van der Waals surface area contributed by atoms with Gasteiger partial charge in [-0.2, -0.15) is 0 Å². The normalized spacial score (nSPS) is 19.9. The molecule has 0 spiro atoms. The lowest BCUT2D eigenvalue weighted by molar-refractivity contribution is -0.143. The standard InChI is InChI=1S/C16H32N2O2/c1-6-9-17-14(15(19)20-5)12-18-10-7-13(8-11-18)16(2,3)4/h13-14,17H,6-12H2,1-5H3. The largest absolute Gasteiger partial charge is 0.468 e. The Morgan fingerprint density at radius 1 is 1.35 bits per heavy atom. The molecule has 4 heteroatoms. The van der Waals surface area contributed by atoms with E-state index >= 15 is 0 Å². The lowest BCUT2D eigenvalue weighted by atomic mass is 9.75. The van der Waals surface area contributed by atoms with E-state index in [1.165, 1.54) is 20.0 Å². The van der Waals surface area contributed by atoms with Crippen LogP contribution in [-0.4, -0.2) is 50.2 Å². The molecule has 4 nitrogen and oxygen atoms in total. The van der Waals surface area contributed by atoms with Crippen molar-refractivity contribution < 1.29 is 9.53 Å². The Kier molecular flexibility index (Phi) is 6.96. The van der Waals surface area contributed by atoms with Gasteiger partial charge in [-0.15, -0.1) is 0 Å². The highest BCUT2D eigenvalue weighted by atomic mass is 16.5. The molecule has 0 saturated carbocycles. The van der Waals surface area contributed by atoms with E-state index < -0.39 is 0 Å². The van der Waals surface area contributed by atoms with Crippen molar-refractivity contribution in [3.05, 3.63) is 0 Å². The Morgan fingerprint density at radius 2 is 1.95 bits per heavy atom. The molecule has 0 aromatic heterocycles. The van der Waals surface area contributed by atoms with Crippen LogP contribution in [0, 0.1) is 11.3 Å². The first-order valence-corrected chi connectivity index (χ1v) is 7.92. The molecule has 0 bridgehead atoms. The summed E-state index contributed by atoms with van der Waals surface area (Å²) in [6.07, 6.45) is 3.48. The average Bonchev–Trinajstić information content (AvgIpc) is 2.42. The van der Waals surface area contributed by atoms with Gasteiger partial charge in [0, 0.05) is 6.54 Å². The Balaban J connectivity index is 2.45. The second kappa shape index (κ2) is 7.99. The number of methoxy groups -OCH3 is 1. The highest BCUT2D eigenvalue weighted by molar-refractivity contribution is 5.75. The zero-order valence-electron chi connectivity index (χ0n) is 13.9. The Bertz CT molecular complexity index is 291. The molecule has 1 saturated heterocycles. The number of hydrogen-bond acceptors (Lipinski definition) is 4. The molecule has 1 unspecified atom stereocenters. The van der Waals surface area contributed by atoms with Crippen molar-refractivity contribution >= 4 is 5.97 Å². The third kappa shape index (κ3) is 5.41. The highest BCUT2D eigenvalue weighted by Gasteiger charge is 2.30. The summed E-state index contributed by atoms with van der Waals surface area (Å²) in [6, 6.07) is -0.189. The molecule has 1 aliphatic heterocycles. The van der Waals surface area contributed by atoms with Gasteiger partial charge in [0.25, 0.3) is 0 Å². The minimum absolute atomic E-state index is 0.142. The summed E-state index contributed by atoms with van der Waals surface area (Å²) in [7, 11) is 1.47. The summed E-state index contributed by atoms with van der Waals surface area (Å²) in [5.41, 5.74) is 0.397. The van der Waals surface area contributed by atoms with Crippen molar-refractivity contribution in [2.75, 3.05) is 33.3 Å². The Labute approximate surface area is 124 Å². The summed E-state index contributed by atoms with van der Waals surface area (Å²) in [5.74, 6) is 0.648. The van der Waals surface area contributed by atoms with E-state index in [1.54, 1.807) is 0 Å². The number of esters is 1. The summed E-state index contributed by atoms with van der Waals surface area (Å²) in [4.78, 5) is 14.2. The van der Waals surface area contributed by atoms with E-state index in [1.807, 2.05) is 0 Å². The van der Waals surface area contributed by atoms with Crippen LogP contribution in [0.5, 0.6) is 0 Å². The lowest BCUT2D eigenvalue weighted by Crippen LogP contribution is -2.49. The fraction of sp³-hybridized carbons (Fsp3) is 0.938. The van der Waals surface area contributed by atoms with Crippen LogP contribution in [0.15, 0.2) is 0 Å². The number of hydrogen-bond donors (Lipinski definition) is 1. The third-order valence-electron chi connectivity index (χ3n) is 4.38. The smallest absolute Gasteiger partial charge is 0.324 e. The molecule has 1 atom stereocenters. The van der Waals surface area contributed by atoms with Gasteiger partial charge in [0.05, 0.1) is 7.11 Å². The molecule has 20 heavy (non-hydrogen) atoms. The summed E-state index contributed by atoms with van der Waals surface area (Å²) in [6.45, 7) is 12.9. The summed E-state index contributed by atoms with van der Waals surface area (Å²) in [5, 5.41) is 3.29. The molecular weight excluding hydrogens is 252 g/mol. The summed E-state index contributed by atoms with van der Waals surface area (Å²) < 4.78 is 4.90. The molecular formula is C16H32N2O2. The van der Waals surface area contributed by atoms with Crippen LogP contribution in [-0.2, 0) is 9.53 Å². The average molecular weight is 284 g/mol. The number of rotatable bonds is 6. The van der Waals surface area contributed by atoms with E-state index in [9.17, 15) is 4.79 Å². The quantitative estimate of drug-likeness (QED) is 0.760. The number of nitrogens with one attached hydrogen (secondary N) is 1. The minimum atomic E-state index is -0.189. The lowest BCUT2D eigenvalue weighted by Gasteiger charge is -2.39. The van der Waals surface area contributed by atoms with Crippen LogP contribution >= 0.6 is 0 Å². The van der Waals surface area contributed by atoms with Gasteiger partial charge in [-0.05, 0) is 50.2 Å². The maximum atomic E-state index is 11.8. The number of carbonyl (C=O) groups is 1. The van der Waals surface area contributed by atoms with Gasteiger partial charge in [-0.25, -0.2) is 0 Å². The molecule has 1 heterocycles. The van der Waals surface area contributed by atoms with E-state index in [4.69, 9.17) is 4.74 Å². The number of piperidine rings is 1. The molecule has 0 amide bonds. The van der Waals surface area contributed by atoms with E-state index in [0.717, 1.165) is 38.5 Å². The molecule has 1 aliphatic rings. The Hall–Kier alpha value is -0.610. The van der Waals surface area contributed by atoms with Crippen LogP contribution < -0.4 is 5.32 Å². The molecule has 0 aliphatic carbocycles. The number of likely N-dealkylation sites (tertiary alicyclic amines) is 1. The van der Waals surface area contributed by atoms with Gasteiger partial charge >= 0.3 is 5.97 Å². The van der Waals surface area contributed by atoms with E-state index in [2.05, 4.69) is 37.9 Å². The van der Waals surface area contributed by atoms with E-state index in [0.29, 0.717) is 5.41 Å². The number of nitrogens with zero attached hydrogens (tertiary/aromatic N) is 1. The molecule has 1 rings (SSSR count). The predicted molar refractivity (Wildman–Crippen MR) is 82.7 cm³/mol. The van der Waals surface area contributed by atoms with Crippen molar-refractivity contribution in [2.45, 2.75) is 53.0 Å². The first-order valence-electron chi connectivity index (χ1n) is 7.92. The van der Waals surface area contributed by atoms with Crippen molar-refractivity contribution in [3.63, 3.8) is 0 Å². The van der Waals surface area contributed by atoms with Crippen LogP contribution in [0.2, 0.25) is 0 Å². The maximum absolute atomic E-state index is 11.8. The van der Waals surface area contributed by atoms with Crippen LogP contribution in [0.4, 0.5) is 0 Å².